The predicted octanol–water partition coefficient (Wildman–Crippen LogP) is -3.75. The molecule has 0 aliphatic carbocycles. The van der Waals surface area contributed by atoms with Gasteiger partial charge in [-0.2, -0.15) is 0 Å². The standard InChI is InChI=1S/C14H26N6O6/c15-4-2-1-3-7(16)12(23)19-8(5-10(17)21)13(24)20-9(14(25)26)6-11(18)22/h7-9H,1-6,15-16H2,(H2,17,21)(H2,18,22)(H,19,23)(H,20,24)(H,25,26). The van der Waals surface area contributed by atoms with E-state index in [0.29, 0.717) is 25.8 Å². The summed E-state index contributed by atoms with van der Waals surface area (Å²) < 4.78 is 0. The Kier molecular flexibility index (Phi) is 10.5. The molecule has 0 spiro atoms. The number of carbonyl (C=O) groups excluding carboxylic acids is 4. The highest BCUT2D eigenvalue weighted by Gasteiger charge is 2.29. The zero-order chi connectivity index (χ0) is 20.3. The summed E-state index contributed by atoms with van der Waals surface area (Å²) in [5, 5.41) is 13.3. The Morgan fingerprint density at radius 3 is 1.81 bits per heavy atom. The van der Waals surface area contributed by atoms with Gasteiger partial charge in [0.2, 0.25) is 23.6 Å². The van der Waals surface area contributed by atoms with Gasteiger partial charge in [-0.25, -0.2) is 4.79 Å². The largest absolute Gasteiger partial charge is 0.480 e. The van der Waals surface area contributed by atoms with Gasteiger partial charge in [-0.1, -0.05) is 6.42 Å². The number of carboxylic acid groups (broad SMARTS) is 1. The topological polar surface area (TPSA) is 234 Å². The van der Waals surface area contributed by atoms with E-state index >= 15 is 0 Å². The van der Waals surface area contributed by atoms with Gasteiger partial charge in [0.25, 0.3) is 0 Å². The molecule has 0 saturated heterocycles. The lowest BCUT2D eigenvalue weighted by Gasteiger charge is -2.21. The number of carbonyl (C=O) groups is 5. The second kappa shape index (κ2) is 11.8. The van der Waals surface area contributed by atoms with Crippen LogP contribution < -0.4 is 33.6 Å². The third-order valence-corrected chi connectivity index (χ3v) is 3.36. The molecule has 148 valence electrons. The third kappa shape index (κ3) is 9.54. The van der Waals surface area contributed by atoms with Crippen molar-refractivity contribution in [2.24, 2.45) is 22.9 Å². The second-order valence-corrected chi connectivity index (χ2v) is 5.69. The van der Waals surface area contributed by atoms with E-state index in [2.05, 4.69) is 5.32 Å². The molecule has 11 N–H and O–H groups in total. The third-order valence-electron chi connectivity index (χ3n) is 3.36. The second-order valence-electron chi connectivity index (χ2n) is 5.69. The van der Waals surface area contributed by atoms with Gasteiger partial charge in [0.05, 0.1) is 18.9 Å². The monoisotopic (exact) mass is 374 g/mol. The van der Waals surface area contributed by atoms with Gasteiger partial charge < -0.3 is 38.7 Å². The molecule has 3 unspecified atom stereocenters. The van der Waals surface area contributed by atoms with Crippen molar-refractivity contribution in [3.05, 3.63) is 0 Å². The molecule has 0 saturated carbocycles. The van der Waals surface area contributed by atoms with Crippen molar-refractivity contribution < 1.29 is 29.1 Å². The van der Waals surface area contributed by atoms with E-state index in [0.717, 1.165) is 0 Å². The molecule has 3 atom stereocenters. The molecule has 0 aromatic rings. The molecular formula is C14H26N6O6. The van der Waals surface area contributed by atoms with Crippen LogP contribution in [0, 0.1) is 0 Å². The molecule has 0 aliphatic heterocycles. The van der Waals surface area contributed by atoms with Gasteiger partial charge in [-0.15, -0.1) is 0 Å². The first-order valence-electron chi connectivity index (χ1n) is 7.94. The lowest BCUT2D eigenvalue weighted by Crippen LogP contribution is -2.55. The van der Waals surface area contributed by atoms with Crippen LogP contribution in [0.25, 0.3) is 0 Å². The number of amides is 4. The van der Waals surface area contributed by atoms with Crippen molar-refractivity contribution in [3.63, 3.8) is 0 Å². The number of hydrogen-bond donors (Lipinski definition) is 7. The molecule has 4 amide bonds. The summed E-state index contributed by atoms with van der Waals surface area (Å²) in [4.78, 5) is 57.3. The number of aliphatic carboxylic acids is 1. The summed E-state index contributed by atoms with van der Waals surface area (Å²) in [6, 6.07) is -3.98. The Morgan fingerprint density at radius 2 is 1.35 bits per heavy atom. The molecule has 0 bridgehead atoms. The Morgan fingerprint density at radius 1 is 0.846 bits per heavy atom. The minimum Gasteiger partial charge on any atom is -0.480 e. The lowest BCUT2D eigenvalue weighted by molar-refractivity contribution is -0.143. The minimum absolute atomic E-state index is 0.313. The van der Waals surface area contributed by atoms with Crippen LogP contribution in [0.4, 0.5) is 0 Å². The van der Waals surface area contributed by atoms with Gasteiger partial charge >= 0.3 is 5.97 Å². The Labute approximate surface area is 150 Å². The molecule has 12 heteroatoms. The number of nitrogens with one attached hydrogen (secondary N) is 2. The summed E-state index contributed by atoms with van der Waals surface area (Å²) >= 11 is 0. The highest BCUT2D eigenvalue weighted by molar-refractivity contribution is 5.95. The van der Waals surface area contributed by atoms with E-state index in [1.54, 1.807) is 0 Å². The molecule has 0 aromatic heterocycles. The van der Waals surface area contributed by atoms with Gasteiger partial charge in [0.15, 0.2) is 0 Å². The fourth-order valence-corrected chi connectivity index (χ4v) is 2.00. The van der Waals surface area contributed by atoms with Crippen LogP contribution in [0.5, 0.6) is 0 Å². The number of rotatable bonds is 13. The average molecular weight is 374 g/mol. The van der Waals surface area contributed by atoms with Crippen molar-refractivity contribution in [3.8, 4) is 0 Å². The van der Waals surface area contributed by atoms with E-state index in [1.165, 1.54) is 0 Å². The summed E-state index contributed by atoms with van der Waals surface area (Å²) in [5.74, 6) is -5.05. The maximum atomic E-state index is 12.2. The Balaban J connectivity index is 4.97. The van der Waals surface area contributed by atoms with Crippen LogP contribution >= 0.6 is 0 Å². The first-order chi connectivity index (χ1) is 12.1. The van der Waals surface area contributed by atoms with Crippen molar-refractivity contribution in [2.45, 2.75) is 50.2 Å². The number of carboxylic acids is 1. The molecule has 0 radical (unpaired) electrons. The lowest BCUT2D eigenvalue weighted by atomic mass is 10.1. The van der Waals surface area contributed by atoms with E-state index in [1.807, 2.05) is 5.32 Å². The number of primary amides is 2. The highest BCUT2D eigenvalue weighted by Crippen LogP contribution is 2.01. The van der Waals surface area contributed by atoms with Crippen LogP contribution in [0.2, 0.25) is 0 Å². The summed E-state index contributed by atoms with van der Waals surface area (Å²) in [6.45, 7) is 0.442. The van der Waals surface area contributed by atoms with E-state index in [-0.39, 0.29) is 0 Å². The first-order valence-corrected chi connectivity index (χ1v) is 7.94. The van der Waals surface area contributed by atoms with Crippen LogP contribution in [0.3, 0.4) is 0 Å². The number of unbranched alkanes of at least 4 members (excludes halogenated alkanes) is 1. The predicted molar refractivity (Wildman–Crippen MR) is 90.0 cm³/mol. The molecule has 12 nitrogen and oxygen atoms in total. The Bertz CT molecular complexity index is 540. The number of hydrogen-bond acceptors (Lipinski definition) is 7. The molecule has 0 aliphatic rings. The van der Waals surface area contributed by atoms with Gasteiger partial charge in [0, 0.05) is 0 Å². The number of nitrogens with two attached hydrogens (primary N) is 4. The van der Waals surface area contributed by atoms with Crippen LogP contribution in [0.15, 0.2) is 0 Å². The van der Waals surface area contributed by atoms with Crippen molar-refractivity contribution >= 4 is 29.6 Å². The quantitative estimate of drug-likeness (QED) is 0.158. The SMILES string of the molecule is NCCCCC(N)C(=O)NC(CC(N)=O)C(=O)NC(CC(N)=O)C(=O)O. The molecule has 26 heavy (non-hydrogen) atoms. The molecule has 0 rings (SSSR count). The van der Waals surface area contributed by atoms with Crippen molar-refractivity contribution in [2.75, 3.05) is 6.54 Å². The fraction of sp³-hybridized carbons (Fsp3) is 0.643. The molecule has 0 fully saturated rings. The fourth-order valence-electron chi connectivity index (χ4n) is 2.00. The smallest absolute Gasteiger partial charge is 0.326 e. The van der Waals surface area contributed by atoms with Crippen LogP contribution in [-0.2, 0) is 24.0 Å². The summed E-state index contributed by atoms with van der Waals surface area (Å²) in [5.41, 5.74) is 21.0. The van der Waals surface area contributed by atoms with E-state index in [4.69, 9.17) is 28.0 Å². The maximum Gasteiger partial charge on any atom is 0.326 e. The first kappa shape index (κ1) is 23.3. The van der Waals surface area contributed by atoms with Crippen LogP contribution in [-0.4, -0.2) is 59.4 Å². The zero-order valence-electron chi connectivity index (χ0n) is 14.3. The molecule has 0 aromatic carbocycles. The van der Waals surface area contributed by atoms with E-state index in [9.17, 15) is 24.0 Å². The van der Waals surface area contributed by atoms with Gasteiger partial charge in [-0.05, 0) is 19.4 Å². The van der Waals surface area contributed by atoms with Crippen molar-refractivity contribution in [1.29, 1.82) is 0 Å². The maximum absolute atomic E-state index is 12.2. The molecular weight excluding hydrogens is 348 g/mol. The average Bonchev–Trinajstić information content (AvgIpc) is 2.52. The summed E-state index contributed by atoms with van der Waals surface area (Å²) in [7, 11) is 0. The van der Waals surface area contributed by atoms with Crippen molar-refractivity contribution in [1.82, 2.24) is 10.6 Å². The van der Waals surface area contributed by atoms with Gasteiger partial charge in [-0.3, -0.25) is 19.2 Å². The van der Waals surface area contributed by atoms with Crippen LogP contribution in [0.1, 0.15) is 32.1 Å². The Hall–Kier alpha value is -2.73. The minimum atomic E-state index is -1.61. The normalized spacial score (nSPS) is 13.9. The summed E-state index contributed by atoms with van der Waals surface area (Å²) in [6.07, 6.45) is 0.345. The molecule has 0 heterocycles. The highest BCUT2D eigenvalue weighted by atomic mass is 16.4. The zero-order valence-corrected chi connectivity index (χ0v) is 14.3. The van der Waals surface area contributed by atoms with Gasteiger partial charge in [0.1, 0.15) is 12.1 Å². The van der Waals surface area contributed by atoms with E-state index < -0.39 is 60.6 Å².